The largest absolute Gasteiger partial charge is 0.269 e. The van der Waals surface area contributed by atoms with Crippen molar-refractivity contribution in [2.24, 2.45) is 0 Å². The van der Waals surface area contributed by atoms with Crippen molar-refractivity contribution in [1.29, 1.82) is 0 Å². The lowest BCUT2D eigenvalue weighted by atomic mass is 10.2. The van der Waals surface area contributed by atoms with E-state index in [-0.39, 0.29) is 9.79 Å². The number of anilines is 1. The molecular weight excluding hydrogens is 372 g/mol. The molecule has 1 fully saturated rings. The summed E-state index contributed by atoms with van der Waals surface area (Å²) in [7, 11) is -5.85. The van der Waals surface area contributed by atoms with E-state index in [4.69, 9.17) is 0 Å². The zero-order valence-electron chi connectivity index (χ0n) is 14.6. The minimum absolute atomic E-state index is 0.0569. The highest BCUT2D eigenvalue weighted by Crippen LogP contribution is 2.25. The van der Waals surface area contributed by atoms with Crippen LogP contribution < -0.4 is 4.31 Å². The van der Waals surface area contributed by atoms with Crippen molar-refractivity contribution in [2.75, 3.05) is 24.4 Å². The highest BCUT2D eigenvalue weighted by molar-refractivity contribution is 7.92. The second kappa shape index (κ2) is 7.38. The Hall–Kier alpha value is -1.90. The first-order chi connectivity index (χ1) is 12.3. The minimum atomic E-state index is -3.75. The molecule has 0 amide bonds. The van der Waals surface area contributed by atoms with Gasteiger partial charge in [0.05, 0.1) is 15.5 Å². The Morgan fingerprint density at radius 3 is 1.88 bits per heavy atom. The zero-order chi connectivity index (χ0) is 18.8. The third-order valence-electron chi connectivity index (χ3n) is 4.55. The van der Waals surface area contributed by atoms with E-state index in [2.05, 4.69) is 0 Å². The van der Waals surface area contributed by atoms with Crippen LogP contribution >= 0.6 is 0 Å². The maximum Gasteiger partial charge on any atom is 0.264 e. The Morgan fingerprint density at radius 2 is 1.31 bits per heavy atom. The molecule has 1 saturated heterocycles. The van der Waals surface area contributed by atoms with Gasteiger partial charge in [-0.2, -0.15) is 4.31 Å². The normalized spacial score (nSPS) is 16.3. The summed E-state index contributed by atoms with van der Waals surface area (Å²) in [5.74, 6) is 0. The van der Waals surface area contributed by atoms with Gasteiger partial charge in [-0.25, -0.2) is 16.8 Å². The molecule has 3 rings (SSSR count). The fraction of sp³-hybridized carbons (Fsp3) is 0.333. The quantitative estimate of drug-likeness (QED) is 0.781. The van der Waals surface area contributed by atoms with Gasteiger partial charge < -0.3 is 0 Å². The van der Waals surface area contributed by atoms with E-state index in [1.54, 1.807) is 24.3 Å². The molecule has 0 radical (unpaired) electrons. The summed E-state index contributed by atoms with van der Waals surface area (Å²) in [6, 6.07) is 14.2. The van der Waals surface area contributed by atoms with Gasteiger partial charge in [0.1, 0.15) is 0 Å². The van der Waals surface area contributed by atoms with Crippen molar-refractivity contribution in [2.45, 2.75) is 29.1 Å². The van der Waals surface area contributed by atoms with Gasteiger partial charge >= 0.3 is 0 Å². The number of para-hydroxylation sites is 1. The highest BCUT2D eigenvalue weighted by Gasteiger charge is 2.27. The van der Waals surface area contributed by atoms with Crippen LogP contribution in [0.2, 0.25) is 0 Å². The van der Waals surface area contributed by atoms with Gasteiger partial charge in [-0.1, -0.05) is 24.6 Å². The lowest BCUT2D eigenvalue weighted by Crippen LogP contribution is -2.35. The molecule has 8 heteroatoms. The van der Waals surface area contributed by atoms with Crippen molar-refractivity contribution < 1.29 is 16.8 Å². The number of benzene rings is 2. The molecule has 0 N–H and O–H groups in total. The second-order valence-corrected chi connectivity index (χ2v) is 10.2. The highest BCUT2D eigenvalue weighted by atomic mass is 32.2. The molecule has 1 aliphatic rings. The zero-order valence-corrected chi connectivity index (χ0v) is 16.2. The summed E-state index contributed by atoms with van der Waals surface area (Å²) in [6.45, 7) is 1.03. The van der Waals surface area contributed by atoms with Gasteiger partial charge in [-0.15, -0.1) is 0 Å². The predicted molar refractivity (Wildman–Crippen MR) is 101 cm³/mol. The van der Waals surface area contributed by atoms with E-state index < -0.39 is 20.0 Å². The average Bonchev–Trinajstić information content (AvgIpc) is 2.69. The van der Waals surface area contributed by atoms with Crippen LogP contribution in [0.5, 0.6) is 0 Å². The number of nitrogens with zero attached hydrogens (tertiary/aromatic N) is 2. The third-order valence-corrected chi connectivity index (χ3v) is 8.27. The van der Waals surface area contributed by atoms with Crippen molar-refractivity contribution in [3.8, 4) is 0 Å². The van der Waals surface area contributed by atoms with Gasteiger partial charge in [0, 0.05) is 20.1 Å². The second-order valence-electron chi connectivity index (χ2n) is 6.24. The topological polar surface area (TPSA) is 74.8 Å². The molecule has 0 saturated carbocycles. The Labute approximate surface area is 155 Å². The van der Waals surface area contributed by atoms with Crippen LogP contribution in [0.15, 0.2) is 64.4 Å². The Morgan fingerprint density at radius 1 is 0.769 bits per heavy atom. The van der Waals surface area contributed by atoms with Crippen LogP contribution in [0, 0.1) is 0 Å². The first-order valence-electron chi connectivity index (χ1n) is 8.48. The molecule has 1 aliphatic heterocycles. The summed E-state index contributed by atoms with van der Waals surface area (Å²) >= 11 is 0. The Kier molecular flexibility index (Phi) is 5.36. The summed E-state index contributed by atoms with van der Waals surface area (Å²) in [4.78, 5) is 0.183. The Balaban J connectivity index is 1.87. The number of hydrogen-bond acceptors (Lipinski definition) is 4. The smallest absolute Gasteiger partial charge is 0.264 e. The fourth-order valence-electron chi connectivity index (χ4n) is 2.97. The first-order valence-corrected chi connectivity index (χ1v) is 11.4. The van der Waals surface area contributed by atoms with Crippen LogP contribution in [-0.2, 0) is 20.0 Å². The van der Waals surface area contributed by atoms with Crippen molar-refractivity contribution in [1.82, 2.24) is 4.31 Å². The standard InChI is InChI=1S/C18H22N2O4S2/c1-19(16-8-4-2-5-9-16)25(21,22)17-10-12-18(13-11-17)26(23,24)20-14-6-3-7-15-20/h2,4-5,8-13H,3,6-7,14-15H2,1H3. The van der Waals surface area contributed by atoms with E-state index >= 15 is 0 Å². The summed E-state index contributed by atoms with van der Waals surface area (Å²) in [5, 5.41) is 0. The van der Waals surface area contributed by atoms with E-state index in [1.807, 2.05) is 6.07 Å². The van der Waals surface area contributed by atoms with Gasteiger partial charge in [0.15, 0.2) is 0 Å². The van der Waals surface area contributed by atoms with E-state index in [0.717, 1.165) is 19.3 Å². The molecule has 0 atom stereocenters. The van der Waals surface area contributed by atoms with Gasteiger partial charge in [0.2, 0.25) is 10.0 Å². The number of rotatable bonds is 5. The minimum Gasteiger partial charge on any atom is -0.269 e. The summed E-state index contributed by atoms with van der Waals surface area (Å²) < 4.78 is 53.5. The SMILES string of the molecule is CN(c1ccccc1)S(=O)(=O)c1ccc(S(=O)(=O)N2CCCCC2)cc1. The fourth-order valence-corrected chi connectivity index (χ4v) is 5.69. The van der Waals surface area contributed by atoms with Crippen LogP contribution in [-0.4, -0.2) is 41.3 Å². The molecule has 0 unspecified atom stereocenters. The number of sulfonamides is 2. The molecule has 6 nitrogen and oxygen atoms in total. The molecule has 1 heterocycles. The lowest BCUT2D eigenvalue weighted by molar-refractivity contribution is 0.346. The molecule has 0 bridgehead atoms. The average molecular weight is 395 g/mol. The maximum atomic E-state index is 12.8. The van der Waals surface area contributed by atoms with Crippen LogP contribution in [0.4, 0.5) is 5.69 Å². The Bertz CT molecular complexity index is 950. The molecule has 140 valence electrons. The summed E-state index contributed by atoms with van der Waals surface area (Å²) in [6.07, 6.45) is 2.75. The number of piperidine rings is 1. The maximum absolute atomic E-state index is 12.8. The van der Waals surface area contributed by atoms with Gasteiger partial charge in [-0.3, -0.25) is 4.31 Å². The molecule has 0 aromatic heterocycles. The first kappa shape index (κ1) is 18.9. The molecular formula is C18H22N2O4S2. The van der Waals surface area contributed by atoms with Crippen LogP contribution in [0.1, 0.15) is 19.3 Å². The van der Waals surface area contributed by atoms with Crippen molar-refractivity contribution in [3.05, 3.63) is 54.6 Å². The van der Waals surface area contributed by atoms with Gasteiger partial charge in [-0.05, 0) is 49.2 Å². The van der Waals surface area contributed by atoms with Crippen LogP contribution in [0.3, 0.4) is 0 Å². The van der Waals surface area contributed by atoms with E-state index in [1.165, 1.54) is 39.9 Å². The third kappa shape index (κ3) is 3.62. The monoisotopic (exact) mass is 394 g/mol. The molecule has 0 aliphatic carbocycles. The lowest BCUT2D eigenvalue weighted by Gasteiger charge is -2.26. The van der Waals surface area contributed by atoms with Crippen molar-refractivity contribution >= 4 is 25.7 Å². The number of hydrogen-bond donors (Lipinski definition) is 0. The molecule has 26 heavy (non-hydrogen) atoms. The summed E-state index contributed by atoms with van der Waals surface area (Å²) in [5.41, 5.74) is 0.539. The molecule has 0 spiro atoms. The van der Waals surface area contributed by atoms with Crippen LogP contribution in [0.25, 0.3) is 0 Å². The van der Waals surface area contributed by atoms with Gasteiger partial charge in [0.25, 0.3) is 10.0 Å². The van der Waals surface area contributed by atoms with Crippen molar-refractivity contribution in [3.63, 3.8) is 0 Å². The van der Waals surface area contributed by atoms with E-state index in [9.17, 15) is 16.8 Å². The molecule has 2 aromatic carbocycles. The molecule has 2 aromatic rings. The van der Waals surface area contributed by atoms with E-state index in [0.29, 0.717) is 18.8 Å². The predicted octanol–water partition coefficient (Wildman–Crippen LogP) is 2.69.